The van der Waals surface area contributed by atoms with Crippen molar-refractivity contribution >= 4 is 28.7 Å². The van der Waals surface area contributed by atoms with Crippen molar-refractivity contribution in [2.45, 2.75) is 32.7 Å². The number of fused-ring (bicyclic) bond motifs is 1. The van der Waals surface area contributed by atoms with E-state index in [0.29, 0.717) is 30.3 Å². The second-order valence-electron chi connectivity index (χ2n) is 5.35. The molecule has 114 valence electrons. The zero-order chi connectivity index (χ0) is 15.4. The van der Waals surface area contributed by atoms with E-state index in [1.165, 1.54) is 7.11 Å². The Morgan fingerprint density at radius 3 is 2.86 bits per heavy atom. The van der Waals surface area contributed by atoms with Gasteiger partial charge < -0.3 is 4.74 Å². The summed E-state index contributed by atoms with van der Waals surface area (Å²) in [6.45, 7) is 4.15. The second-order valence-corrected chi connectivity index (χ2v) is 5.73. The van der Waals surface area contributed by atoms with Crippen molar-refractivity contribution in [1.29, 1.82) is 0 Å². The van der Waals surface area contributed by atoms with Gasteiger partial charge in [-0.1, -0.05) is 13.8 Å². The molecular formula is C15H20ClN3O2. The van der Waals surface area contributed by atoms with Gasteiger partial charge in [0, 0.05) is 18.5 Å². The molecule has 2 rings (SSSR count). The van der Waals surface area contributed by atoms with Gasteiger partial charge in [-0.2, -0.15) is 0 Å². The molecule has 2 aromatic heterocycles. The highest BCUT2D eigenvalue weighted by Crippen LogP contribution is 2.26. The molecule has 0 amide bonds. The van der Waals surface area contributed by atoms with Crippen LogP contribution < -0.4 is 0 Å². The minimum Gasteiger partial charge on any atom is -0.467 e. The fraction of sp³-hybridized carbons (Fsp3) is 0.533. The van der Waals surface area contributed by atoms with E-state index in [1.807, 2.05) is 16.7 Å². The maximum absolute atomic E-state index is 12.2. The van der Waals surface area contributed by atoms with E-state index in [-0.39, 0.29) is 5.97 Å². The van der Waals surface area contributed by atoms with Crippen LogP contribution in [0.15, 0.2) is 18.3 Å². The molecule has 1 unspecified atom stereocenters. The van der Waals surface area contributed by atoms with Crippen molar-refractivity contribution in [2.24, 2.45) is 5.92 Å². The number of halogens is 1. The van der Waals surface area contributed by atoms with Crippen LogP contribution in [0.25, 0.3) is 11.2 Å². The summed E-state index contributed by atoms with van der Waals surface area (Å²) in [5.74, 6) is 1.29. The van der Waals surface area contributed by atoms with Gasteiger partial charge in [0.05, 0.1) is 7.11 Å². The van der Waals surface area contributed by atoms with E-state index in [1.54, 1.807) is 6.20 Å². The number of carbonyl (C=O) groups excluding carboxylic acids is 1. The third-order valence-electron chi connectivity index (χ3n) is 3.32. The van der Waals surface area contributed by atoms with Gasteiger partial charge >= 0.3 is 5.97 Å². The molecule has 5 nitrogen and oxygen atoms in total. The molecule has 0 aliphatic carbocycles. The molecule has 6 heteroatoms. The summed E-state index contributed by atoms with van der Waals surface area (Å²) in [6.07, 6.45) is 2.96. The van der Waals surface area contributed by atoms with E-state index in [0.717, 1.165) is 11.3 Å². The maximum Gasteiger partial charge on any atom is 0.328 e. The average molecular weight is 310 g/mol. The molecule has 0 radical (unpaired) electrons. The summed E-state index contributed by atoms with van der Waals surface area (Å²) in [7, 11) is 1.41. The number of hydrogen-bond acceptors (Lipinski definition) is 4. The first kappa shape index (κ1) is 15.8. The molecule has 0 bridgehead atoms. The van der Waals surface area contributed by atoms with Gasteiger partial charge in [0.2, 0.25) is 0 Å². The van der Waals surface area contributed by atoms with Crippen LogP contribution in [0.5, 0.6) is 0 Å². The largest absolute Gasteiger partial charge is 0.467 e. The number of esters is 1. The van der Waals surface area contributed by atoms with Crippen LogP contribution in [-0.4, -0.2) is 33.5 Å². The number of carbonyl (C=O) groups is 1. The summed E-state index contributed by atoms with van der Waals surface area (Å²) in [6, 6.07) is 3.30. The number of alkyl halides is 1. The quantitative estimate of drug-likeness (QED) is 0.608. The van der Waals surface area contributed by atoms with E-state index < -0.39 is 6.04 Å². The van der Waals surface area contributed by atoms with Crippen LogP contribution in [-0.2, 0) is 16.0 Å². The molecule has 0 fully saturated rings. The third kappa shape index (κ3) is 3.35. The Kier molecular flexibility index (Phi) is 5.17. The number of aryl methyl sites for hydroxylation is 1. The first-order valence-corrected chi connectivity index (χ1v) is 7.57. The SMILES string of the molecule is COC(=O)C(CC(C)C)n1c(CCCl)nc2cccnc21. The molecular weight excluding hydrogens is 290 g/mol. The zero-order valence-corrected chi connectivity index (χ0v) is 13.3. The van der Waals surface area contributed by atoms with Crippen molar-refractivity contribution < 1.29 is 9.53 Å². The van der Waals surface area contributed by atoms with Gasteiger partial charge in [-0.25, -0.2) is 14.8 Å². The number of imidazole rings is 1. The predicted octanol–water partition coefficient (Wildman–Crippen LogP) is 2.97. The Morgan fingerprint density at radius 2 is 2.24 bits per heavy atom. The number of nitrogens with zero attached hydrogens (tertiary/aromatic N) is 3. The molecule has 0 spiro atoms. The maximum atomic E-state index is 12.2. The summed E-state index contributed by atoms with van der Waals surface area (Å²) in [5.41, 5.74) is 1.48. The Morgan fingerprint density at radius 1 is 1.48 bits per heavy atom. The fourth-order valence-electron chi connectivity index (χ4n) is 2.45. The van der Waals surface area contributed by atoms with Gasteiger partial charge in [0.1, 0.15) is 17.4 Å². The number of hydrogen-bond donors (Lipinski definition) is 0. The summed E-state index contributed by atoms with van der Waals surface area (Å²) in [4.78, 5) is 21.1. The number of aromatic nitrogens is 3. The fourth-order valence-corrected chi connectivity index (χ4v) is 2.62. The van der Waals surface area contributed by atoms with E-state index in [9.17, 15) is 4.79 Å². The van der Waals surface area contributed by atoms with Crippen LogP contribution in [0.2, 0.25) is 0 Å². The number of pyridine rings is 1. The lowest BCUT2D eigenvalue weighted by Crippen LogP contribution is -2.24. The van der Waals surface area contributed by atoms with Crippen molar-refractivity contribution in [3.8, 4) is 0 Å². The molecule has 0 saturated carbocycles. The minimum atomic E-state index is -0.423. The standard InChI is InChI=1S/C15H20ClN3O2/c1-10(2)9-12(15(20)21-3)19-13(6-7-16)18-11-5-4-8-17-14(11)19/h4-5,8,10,12H,6-7,9H2,1-3H3. The van der Waals surface area contributed by atoms with Crippen LogP contribution in [0.4, 0.5) is 0 Å². The second kappa shape index (κ2) is 6.89. The summed E-state index contributed by atoms with van der Waals surface area (Å²) in [5, 5.41) is 0. The smallest absolute Gasteiger partial charge is 0.328 e. The van der Waals surface area contributed by atoms with Gasteiger partial charge in [-0.05, 0) is 24.5 Å². The number of rotatable bonds is 6. The molecule has 0 aliphatic rings. The molecule has 21 heavy (non-hydrogen) atoms. The normalized spacial score (nSPS) is 12.8. The van der Waals surface area contributed by atoms with Crippen molar-refractivity contribution in [3.05, 3.63) is 24.2 Å². The highest BCUT2D eigenvalue weighted by molar-refractivity contribution is 6.17. The Hall–Kier alpha value is -1.62. The van der Waals surface area contributed by atoms with E-state index in [2.05, 4.69) is 23.8 Å². The highest BCUT2D eigenvalue weighted by atomic mass is 35.5. The molecule has 1 atom stereocenters. The zero-order valence-electron chi connectivity index (χ0n) is 12.5. The third-order valence-corrected chi connectivity index (χ3v) is 3.51. The van der Waals surface area contributed by atoms with Gasteiger partial charge in [0.25, 0.3) is 0 Å². The monoisotopic (exact) mass is 309 g/mol. The lowest BCUT2D eigenvalue weighted by molar-refractivity contribution is -0.145. The topological polar surface area (TPSA) is 57.0 Å². The number of ether oxygens (including phenoxy) is 1. The lowest BCUT2D eigenvalue weighted by atomic mass is 10.0. The van der Waals surface area contributed by atoms with Crippen LogP contribution >= 0.6 is 11.6 Å². The molecule has 0 saturated heterocycles. The van der Waals surface area contributed by atoms with Gasteiger partial charge in [0.15, 0.2) is 5.65 Å². The Labute approximate surface area is 129 Å². The Bertz CT molecular complexity index is 624. The summed E-state index contributed by atoms with van der Waals surface area (Å²) < 4.78 is 6.85. The van der Waals surface area contributed by atoms with Crippen molar-refractivity contribution in [3.63, 3.8) is 0 Å². The van der Waals surface area contributed by atoms with Gasteiger partial charge in [-0.15, -0.1) is 11.6 Å². The molecule has 0 aliphatic heterocycles. The van der Waals surface area contributed by atoms with Gasteiger partial charge in [-0.3, -0.25) is 4.57 Å². The first-order valence-electron chi connectivity index (χ1n) is 7.04. The van der Waals surface area contributed by atoms with Crippen LogP contribution in [0, 0.1) is 5.92 Å². The highest BCUT2D eigenvalue weighted by Gasteiger charge is 2.27. The first-order chi connectivity index (χ1) is 10.1. The van der Waals surface area contributed by atoms with Crippen LogP contribution in [0.1, 0.15) is 32.1 Å². The van der Waals surface area contributed by atoms with Crippen molar-refractivity contribution in [1.82, 2.24) is 14.5 Å². The molecule has 2 heterocycles. The summed E-state index contributed by atoms with van der Waals surface area (Å²) >= 11 is 5.87. The predicted molar refractivity (Wildman–Crippen MR) is 82.5 cm³/mol. The average Bonchev–Trinajstić information content (AvgIpc) is 2.82. The number of methoxy groups -OCH3 is 1. The van der Waals surface area contributed by atoms with E-state index >= 15 is 0 Å². The van der Waals surface area contributed by atoms with E-state index in [4.69, 9.17) is 16.3 Å². The lowest BCUT2D eigenvalue weighted by Gasteiger charge is -2.20. The molecule has 0 aromatic carbocycles. The molecule has 0 N–H and O–H groups in total. The van der Waals surface area contributed by atoms with Crippen LogP contribution in [0.3, 0.4) is 0 Å². The molecule has 2 aromatic rings. The minimum absolute atomic E-state index is 0.274. The van der Waals surface area contributed by atoms with Crippen molar-refractivity contribution in [2.75, 3.05) is 13.0 Å². The Balaban J connectivity index is 2.58.